The van der Waals surface area contributed by atoms with Crippen LogP contribution in [0.1, 0.15) is 75.5 Å². The zero-order valence-corrected chi connectivity index (χ0v) is 28.3. The van der Waals surface area contributed by atoms with Crippen molar-refractivity contribution in [3.8, 4) is 0 Å². The first-order chi connectivity index (χ1) is 22.3. The van der Waals surface area contributed by atoms with Crippen LogP contribution in [0.3, 0.4) is 0 Å². The Kier molecular flexibility index (Phi) is 11.2. The highest BCUT2D eigenvalue weighted by atomic mass is 35.5. The van der Waals surface area contributed by atoms with Crippen LogP contribution in [0.5, 0.6) is 0 Å². The highest BCUT2D eigenvalue weighted by molar-refractivity contribution is 6.31. The van der Waals surface area contributed by atoms with Gasteiger partial charge in [0.1, 0.15) is 0 Å². The summed E-state index contributed by atoms with van der Waals surface area (Å²) in [6.45, 7) is 8.63. The number of nitrogens with zero attached hydrogens (tertiary/aromatic N) is 4. The molecule has 256 valence electrons. The fourth-order valence-electron chi connectivity index (χ4n) is 7.78. The highest BCUT2D eigenvalue weighted by Gasteiger charge is 2.43. The summed E-state index contributed by atoms with van der Waals surface area (Å²) in [5, 5.41) is 0.625. The molecule has 3 amide bonds. The van der Waals surface area contributed by atoms with Crippen molar-refractivity contribution in [3.05, 3.63) is 64.2 Å². The zero-order valence-electron chi connectivity index (χ0n) is 27.6. The standard InChI is InChI=1S/C36H46ClF3N4O3/c1-4-42(34(46)20-26-7-9-28(10-8-26)36(38,39)40)32-21-29-12-13-30(22-32)43(29)16-5-17-44(31-11-6-24(2)33(37)23-31)35(47)27-14-18-41(19-15-27)25(3)45/h6-11,23,27,29-30,32H,4-5,12-22H2,1-3H3. The minimum atomic E-state index is -4.40. The fraction of sp³-hybridized carbons (Fsp3) is 0.583. The van der Waals surface area contributed by atoms with Gasteiger partial charge in [-0.1, -0.05) is 29.8 Å². The van der Waals surface area contributed by atoms with Gasteiger partial charge in [0, 0.05) is 74.4 Å². The second kappa shape index (κ2) is 15.0. The fourth-order valence-corrected chi connectivity index (χ4v) is 7.96. The third kappa shape index (κ3) is 8.31. The monoisotopic (exact) mass is 674 g/mol. The molecule has 2 atom stereocenters. The summed E-state index contributed by atoms with van der Waals surface area (Å²) >= 11 is 6.49. The van der Waals surface area contributed by atoms with Crippen LogP contribution in [0.25, 0.3) is 0 Å². The van der Waals surface area contributed by atoms with Crippen LogP contribution in [0, 0.1) is 12.8 Å². The van der Waals surface area contributed by atoms with E-state index in [0.717, 1.165) is 62.0 Å². The first-order valence-corrected chi connectivity index (χ1v) is 17.3. The summed E-state index contributed by atoms with van der Waals surface area (Å²) in [7, 11) is 0. The van der Waals surface area contributed by atoms with Gasteiger partial charge < -0.3 is 14.7 Å². The maximum atomic E-state index is 13.9. The van der Waals surface area contributed by atoms with E-state index in [1.807, 2.05) is 41.8 Å². The number of benzene rings is 2. The Bertz CT molecular complexity index is 1410. The molecule has 5 rings (SSSR count). The summed E-state index contributed by atoms with van der Waals surface area (Å²) in [4.78, 5) is 47.2. The van der Waals surface area contributed by atoms with E-state index in [0.29, 0.717) is 61.7 Å². The third-order valence-corrected chi connectivity index (χ3v) is 10.8. The average molecular weight is 675 g/mol. The summed E-state index contributed by atoms with van der Waals surface area (Å²) in [5.41, 5.74) is 1.62. The number of piperidine rings is 2. The summed E-state index contributed by atoms with van der Waals surface area (Å²) in [5.74, 6) is -0.0649. The lowest BCUT2D eigenvalue weighted by Crippen LogP contribution is -2.52. The topological polar surface area (TPSA) is 64.2 Å². The van der Waals surface area contributed by atoms with Crippen molar-refractivity contribution in [2.24, 2.45) is 5.92 Å². The number of hydrogen-bond donors (Lipinski definition) is 0. The molecule has 3 heterocycles. The second-order valence-electron chi connectivity index (χ2n) is 13.4. The molecular weight excluding hydrogens is 629 g/mol. The van der Waals surface area contributed by atoms with Crippen molar-refractivity contribution >= 4 is 35.0 Å². The van der Waals surface area contributed by atoms with Crippen LogP contribution in [0.15, 0.2) is 42.5 Å². The largest absolute Gasteiger partial charge is 0.416 e. The van der Waals surface area contributed by atoms with E-state index in [-0.39, 0.29) is 36.1 Å². The number of anilines is 1. The van der Waals surface area contributed by atoms with Crippen LogP contribution in [-0.4, -0.2) is 83.3 Å². The molecule has 0 N–H and O–H groups in total. The number of halogens is 4. The maximum Gasteiger partial charge on any atom is 0.416 e. The van der Waals surface area contributed by atoms with Gasteiger partial charge >= 0.3 is 6.18 Å². The van der Waals surface area contributed by atoms with Gasteiger partial charge in [0.25, 0.3) is 0 Å². The molecule has 0 aliphatic carbocycles. The minimum absolute atomic E-state index is 0.0436. The maximum absolute atomic E-state index is 13.9. The van der Waals surface area contributed by atoms with E-state index in [4.69, 9.17) is 11.6 Å². The van der Waals surface area contributed by atoms with Crippen molar-refractivity contribution in [1.82, 2.24) is 14.7 Å². The highest BCUT2D eigenvalue weighted by Crippen LogP contribution is 2.38. The predicted molar refractivity (Wildman–Crippen MR) is 177 cm³/mol. The number of fused-ring (bicyclic) bond motifs is 2. The van der Waals surface area contributed by atoms with Crippen LogP contribution in [0.4, 0.5) is 18.9 Å². The molecule has 3 aliphatic rings. The number of carbonyl (C=O) groups excluding carboxylic acids is 3. The average Bonchev–Trinajstić information content (AvgIpc) is 3.27. The predicted octanol–water partition coefficient (Wildman–Crippen LogP) is 6.74. The molecule has 2 aromatic rings. The molecule has 7 nitrogen and oxygen atoms in total. The quantitative estimate of drug-likeness (QED) is 0.280. The van der Waals surface area contributed by atoms with Gasteiger partial charge in [-0.15, -0.1) is 0 Å². The van der Waals surface area contributed by atoms with E-state index >= 15 is 0 Å². The van der Waals surface area contributed by atoms with Crippen LogP contribution < -0.4 is 4.90 Å². The Morgan fingerprint density at radius 3 is 2.15 bits per heavy atom. The number of carbonyl (C=O) groups is 3. The number of rotatable bonds is 10. The lowest BCUT2D eigenvalue weighted by atomic mass is 9.94. The van der Waals surface area contributed by atoms with Gasteiger partial charge in [-0.25, -0.2) is 0 Å². The SMILES string of the molecule is CCN(C(=O)Cc1ccc(C(F)(F)F)cc1)C1CC2CCC(C1)N2CCCN(C(=O)C1CCN(C(C)=O)CC1)c1ccc(C)c(Cl)c1. The lowest BCUT2D eigenvalue weighted by Gasteiger charge is -2.43. The van der Waals surface area contributed by atoms with E-state index in [2.05, 4.69) is 4.90 Å². The minimum Gasteiger partial charge on any atom is -0.343 e. The first kappa shape index (κ1) is 35.2. The van der Waals surface area contributed by atoms with Crippen molar-refractivity contribution in [1.29, 1.82) is 0 Å². The van der Waals surface area contributed by atoms with Gasteiger partial charge in [-0.2, -0.15) is 13.2 Å². The van der Waals surface area contributed by atoms with Gasteiger partial charge in [-0.3, -0.25) is 19.3 Å². The molecule has 3 aliphatic heterocycles. The van der Waals surface area contributed by atoms with Crippen molar-refractivity contribution < 1.29 is 27.6 Å². The molecule has 11 heteroatoms. The van der Waals surface area contributed by atoms with E-state index in [9.17, 15) is 27.6 Å². The van der Waals surface area contributed by atoms with Gasteiger partial charge in [0.2, 0.25) is 17.7 Å². The Morgan fingerprint density at radius 2 is 1.60 bits per heavy atom. The molecule has 0 aromatic heterocycles. The van der Waals surface area contributed by atoms with Gasteiger partial charge in [0.05, 0.1) is 12.0 Å². The Morgan fingerprint density at radius 1 is 0.957 bits per heavy atom. The lowest BCUT2D eigenvalue weighted by molar-refractivity contribution is -0.137. The van der Waals surface area contributed by atoms with Crippen LogP contribution in [-0.2, 0) is 27.0 Å². The molecule has 2 unspecified atom stereocenters. The number of aryl methyl sites for hydroxylation is 1. The summed E-state index contributed by atoms with van der Waals surface area (Å²) in [6.07, 6.45) is 1.65. The van der Waals surface area contributed by atoms with E-state index < -0.39 is 11.7 Å². The Hall–Kier alpha value is -3.11. The first-order valence-electron chi connectivity index (χ1n) is 16.9. The molecule has 0 radical (unpaired) electrons. The smallest absolute Gasteiger partial charge is 0.343 e. The van der Waals surface area contributed by atoms with Crippen molar-refractivity contribution in [2.45, 2.75) is 96.4 Å². The number of likely N-dealkylation sites (tertiary alicyclic amines) is 1. The number of alkyl halides is 3. The van der Waals surface area contributed by atoms with Crippen molar-refractivity contribution in [3.63, 3.8) is 0 Å². The second-order valence-corrected chi connectivity index (χ2v) is 13.8. The number of likely N-dealkylation sites (N-methyl/N-ethyl adjacent to an activating group) is 1. The molecule has 47 heavy (non-hydrogen) atoms. The van der Waals surface area contributed by atoms with E-state index in [1.54, 1.807) is 11.8 Å². The summed E-state index contributed by atoms with van der Waals surface area (Å²) < 4.78 is 38.9. The number of amides is 3. The normalized spacial score (nSPS) is 21.9. The van der Waals surface area contributed by atoms with E-state index in [1.165, 1.54) is 12.1 Å². The van der Waals surface area contributed by atoms with Gasteiger partial charge in [-0.05, 0) is 94.2 Å². The zero-order chi connectivity index (χ0) is 33.9. The molecule has 0 saturated carbocycles. The molecule has 2 aromatic carbocycles. The van der Waals surface area contributed by atoms with Crippen LogP contribution >= 0.6 is 11.6 Å². The Balaban J connectivity index is 1.19. The number of hydrogen-bond acceptors (Lipinski definition) is 4. The molecule has 3 saturated heterocycles. The molecule has 3 fully saturated rings. The summed E-state index contributed by atoms with van der Waals surface area (Å²) in [6, 6.07) is 11.4. The van der Waals surface area contributed by atoms with Crippen molar-refractivity contribution in [2.75, 3.05) is 37.6 Å². The third-order valence-electron chi connectivity index (χ3n) is 10.4. The van der Waals surface area contributed by atoms with Crippen LogP contribution in [0.2, 0.25) is 5.02 Å². The molecule has 0 spiro atoms. The van der Waals surface area contributed by atoms with Gasteiger partial charge in [0.15, 0.2) is 0 Å². The molecular formula is C36H46ClF3N4O3. The molecule has 2 bridgehead atoms. The Labute approximate surface area is 281 Å².